The standard InChI is InChI=1S/C24H40O4/c1-4-28-22(25)13-17-6-8-21-20-7-5-16-14-24(26,15-27-3)12-10-18(16)19(20)9-11-23(17,21)2/h16-21,26H,4-15H2,1-3H3/t16-,17+,18?,19?,20+,21-,23+,24+/m0/s1. The first-order valence-corrected chi connectivity index (χ1v) is 11.8. The van der Waals surface area contributed by atoms with Gasteiger partial charge in [0, 0.05) is 13.5 Å². The van der Waals surface area contributed by atoms with Crippen LogP contribution in [0.3, 0.4) is 0 Å². The van der Waals surface area contributed by atoms with E-state index in [0.29, 0.717) is 36.9 Å². The second-order valence-electron chi connectivity index (χ2n) is 10.7. The molecule has 0 amide bonds. The largest absolute Gasteiger partial charge is 0.466 e. The predicted octanol–water partition coefficient (Wildman–Crippen LogP) is 4.59. The number of rotatable bonds is 5. The first kappa shape index (κ1) is 20.7. The van der Waals surface area contributed by atoms with Crippen LogP contribution in [-0.2, 0) is 14.3 Å². The summed E-state index contributed by atoms with van der Waals surface area (Å²) in [7, 11) is 1.70. The Balaban J connectivity index is 1.44. The number of hydrogen-bond acceptors (Lipinski definition) is 4. The molecule has 4 aliphatic carbocycles. The maximum Gasteiger partial charge on any atom is 0.306 e. The Morgan fingerprint density at radius 2 is 1.82 bits per heavy atom. The van der Waals surface area contributed by atoms with Crippen LogP contribution in [0.2, 0.25) is 0 Å². The molecular weight excluding hydrogens is 352 g/mol. The third kappa shape index (κ3) is 3.53. The molecule has 1 N–H and O–H groups in total. The lowest BCUT2D eigenvalue weighted by atomic mass is 9.49. The van der Waals surface area contributed by atoms with E-state index >= 15 is 0 Å². The highest BCUT2D eigenvalue weighted by Gasteiger charge is 2.57. The topological polar surface area (TPSA) is 55.8 Å². The molecule has 0 bridgehead atoms. The summed E-state index contributed by atoms with van der Waals surface area (Å²) in [6, 6.07) is 0. The monoisotopic (exact) mass is 392 g/mol. The Morgan fingerprint density at radius 1 is 1.04 bits per heavy atom. The smallest absolute Gasteiger partial charge is 0.306 e. The Morgan fingerprint density at radius 3 is 2.57 bits per heavy atom. The quantitative estimate of drug-likeness (QED) is 0.696. The predicted molar refractivity (Wildman–Crippen MR) is 109 cm³/mol. The Hall–Kier alpha value is -0.610. The fraction of sp³-hybridized carbons (Fsp3) is 0.958. The number of esters is 1. The second kappa shape index (κ2) is 7.91. The minimum absolute atomic E-state index is 0.00455. The molecule has 8 atom stereocenters. The lowest BCUT2D eigenvalue weighted by molar-refractivity contribution is -0.147. The summed E-state index contributed by atoms with van der Waals surface area (Å²) >= 11 is 0. The van der Waals surface area contributed by atoms with E-state index in [1.54, 1.807) is 7.11 Å². The van der Waals surface area contributed by atoms with E-state index in [9.17, 15) is 9.90 Å². The van der Waals surface area contributed by atoms with Gasteiger partial charge in [0.1, 0.15) is 0 Å². The molecule has 0 aromatic rings. The average molecular weight is 393 g/mol. The highest BCUT2D eigenvalue weighted by Crippen LogP contribution is 2.65. The van der Waals surface area contributed by atoms with Crippen molar-refractivity contribution in [3.63, 3.8) is 0 Å². The number of fused-ring (bicyclic) bond motifs is 5. The van der Waals surface area contributed by atoms with Crippen molar-refractivity contribution in [1.29, 1.82) is 0 Å². The first-order chi connectivity index (χ1) is 13.4. The molecule has 4 rings (SSSR count). The number of ether oxygens (including phenoxy) is 2. The van der Waals surface area contributed by atoms with Crippen LogP contribution >= 0.6 is 0 Å². The minimum atomic E-state index is -0.593. The van der Waals surface area contributed by atoms with E-state index in [-0.39, 0.29) is 5.97 Å². The third-order valence-corrected chi connectivity index (χ3v) is 9.43. The fourth-order valence-electron chi connectivity index (χ4n) is 8.23. The lowest BCUT2D eigenvalue weighted by Gasteiger charge is -2.57. The van der Waals surface area contributed by atoms with E-state index in [1.807, 2.05) is 6.92 Å². The van der Waals surface area contributed by atoms with Crippen molar-refractivity contribution in [1.82, 2.24) is 0 Å². The van der Waals surface area contributed by atoms with E-state index < -0.39 is 5.60 Å². The highest BCUT2D eigenvalue weighted by atomic mass is 16.5. The van der Waals surface area contributed by atoms with Crippen molar-refractivity contribution in [3.05, 3.63) is 0 Å². The van der Waals surface area contributed by atoms with Crippen molar-refractivity contribution in [2.24, 2.45) is 40.9 Å². The van der Waals surface area contributed by atoms with E-state index in [0.717, 1.165) is 36.5 Å². The number of carbonyl (C=O) groups is 1. The molecule has 2 unspecified atom stereocenters. The molecule has 4 aliphatic rings. The van der Waals surface area contributed by atoms with Crippen molar-refractivity contribution >= 4 is 5.97 Å². The summed E-state index contributed by atoms with van der Waals surface area (Å²) in [6.45, 7) is 5.36. The van der Waals surface area contributed by atoms with Crippen LogP contribution < -0.4 is 0 Å². The van der Waals surface area contributed by atoms with Crippen molar-refractivity contribution in [2.45, 2.75) is 83.7 Å². The number of hydrogen-bond donors (Lipinski definition) is 1. The van der Waals surface area contributed by atoms with Crippen LogP contribution in [0.1, 0.15) is 78.1 Å². The van der Waals surface area contributed by atoms with Gasteiger partial charge in [0.15, 0.2) is 0 Å². The number of aliphatic hydroxyl groups is 1. The van der Waals surface area contributed by atoms with Crippen LogP contribution in [0.4, 0.5) is 0 Å². The number of methoxy groups -OCH3 is 1. The molecule has 160 valence electrons. The maximum atomic E-state index is 12.1. The van der Waals surface area contributed by atoms with Gasteiger partial charge in [0.05, 0.1) is 18.8 Å². The second-order valence-corrected chi connectivity index (χ2v) is 10.7. The molecule has 0 heterocycles. The fourth-order valence-corrected chi connectivity index (χ4v) is 8.23. The normalized spacial score (nSPS) is 47.7. The molecule has 4 nitrogen and oxygen atoms in total. The molecule has 0 aromatic carbocycles. The molecule has 0 aliphatic heterocycles. The summed E-state index contributed by atoms with van der Waals surface area (Å²) in [5.74, 6) is 4.44. The molecule has 0 saturated heterocycles. The van der Waals surface area contributed by atoms with Crippen LogP contribution in [0, 0.1) is 40.9 Å². The van der Waals surface area contributed by atoms with Gasteiger partial charge in [-0.25, -0.2) is 0 Å². The molecule has 4 fully saturated rings. The molecule has 4 saturated carbocycles. The van der Waals surface area contributed by atoms with E-state index in [2.05, 4.69) is 6.92 Å². The maximum absolute atomic E-state index is 12.1. The van der Waals surface area contributed by atoms with Crippen molar-refractivity contribution in [3.8, 4) is 0 Å². The lowest BCUT2D eigenvalue weighted by Crippen LogP contribution is -2.52. The molecule has 0 spiro atoms. The van der Waals surface area contributed by atoms with Crippen molar-refractivity contribution in [2.75, 3.05) is 20.3 Å². The van der Waals surface area contributed by atoms with Crippen molar-refractivity contribution < 1.29 is 19.4 Å². The third-order valence-electron chi connectivity index (χ3n) is 9.43. The van der Waals surface area contributed by atoms with Gasteiger partial charge >= 0.3 is 5.97 Å². The zero-order valence-electron chi connectivity index (χ0n) is 18.1. The number of carbonyl (C=O) groups excluding carboxylic acids is 1. The average Bonchev–Trinajstić information content (AvgIpc) is 2.98. The summed E-state index contributed by atoms with van der Waals surface area (Å²) < 4.78 is 10.6. The SMILES string of the molecule is CCOC(=O)C[C@H]1CC[C@H]2[C@@H]3CC[C@H]4C[C@@](O)(COC)CCC4C3CC[C@]12C. The van der Waals surface area contributed by atoms with E-state index in [1.165, 1.54) is 44.9 Å². The zero-order valence-corrected chi connectivity index (χ0v) is 18.1. The van der Waals surface area contributed by atoms with Crippen LogP contribution in [0.25, 0.3) is 0 Å². The Kier molecular flexibility index (Phi) is 5.83. The highest BCUT2D eigenvalue weighted by molar-refractivity contribution is 5.69. The summed E-state index contributed by atoms with van der Waals surface area (Å²) in [5, 5.41) is 10.9. The van der Waals surface area contributed by atoms with Crippen LogP contribution in [0.5, 0.6) is 0 Å². The molecule has 4 heteroatoms. The van der Waals surface area contributed by atoms with Gasteiger partial charge in [-0.05, 0) is 106 Å². The van der Waals surface area contributed by atoms with Crippen LogP contribution in [0.15, 0.2) is 0 Å². The van der Waals surface area contributed by atoms with Gasteiger partial charge in [-0.1, -0.05) is 6.92 Å². The zero-order chi connectivity index (χ0) is 19.9. The molecule has 0 aromatic heterocycles. The van der Waals surface area contributed by atoms with Gasteiger partial charge in [0.25, 0.3) is 0 Å². The minimum Gasteiger partial charge on any atom is -0.466 e. The van der Waals surface area contributed by atoms with Gasteiger partial charge < -0.3 is 14.6 Å². The van der Waals surface area contributed by atoms with E-state index in [4.69, 9.17) is 9.47 Å². The summed E-state index contributed by atoms with van der Waals surface area (Å²) in [6.07, 6.45) is 11.3. The molecule has 0 radical (unpaired) electrons. The first-order valence-electron chi connectivity index (χ1n) is 11.8. The summed E-state index contributed by atoms with van der Waals surface area (Å²) in [5.41, 5.74) is -0.268. The Bertz CT molecular complexity index is 577. The van der Waals surface area contributed by atoms with Gasteiger partial charge in [-0.2, -0.15) is 0 Å². The summed E-state index contributed by atoms with van der Waals surface area (Å²) in [4.78, 5) is 12.1. The van der Waals surface area contributed by atoms with Gasteiger partial charge in [0.2, 0.25) is 0 Å². The van der Waals surface area contributed by atoms with Crippen LogP contribution in [-0.4, -0.2) is 37.0 Å². The molecule has 28 heavy (non-hydrogen) atoms. The van der Waals surface area contributed by atoms with Gasteiger partial charge in [-0.15, -0.1) is 0 Å². The van der Waals surface area contributed by atoms with Gasteiger partial charge in [-0.3, -0.25) is 4.79 Å². The Labute approximate surface area is 170 Å². The molecular formula is C24H40O4.